The lowest BCUT2D eigenvalue weighted by Crippen LogP contribution is -1.86. The third-order valence-electron chi connectivity index (χ3n) is 2.13. The molecule has 0 atom stereocenters. The first kappa shape index (κ1) is 10.6. The van der Waals surface area contributed by atoms with Crippen LogP contribution >= 0.6 is 11.6 Å². The lowest BCUT2D eigenvalue weighted by atomic mass is 10.1. The van der Waals surface area contributed by atoms with Gasteiger partial charge >= 0.3 is 5.97 Å². The van der Waals surface area contributed by atoms with Crippen molar-refractivity contribution in [2.24, 2.45) is 0 Å². The number of nitrogens with zero attached hydrogens (tertiary/aromatic N) is 1. The molecule has 1 aromatic carbocycles. The molecule has 0 radical (unpaired) electrons. The van der Waals surface area contributed by atoms with Crippen molar-refractivity contribution in [2.75, 3.05) is 0 Å². The third kappa shape index (κ3) is 2.20. The average Bonchev–Trinajstić information content (AvgIpc) is 2.27. The number of carboxylic acid groups (broad SMARTS) is 1. The molecule has 1 N–H and O–H groups in total. The molecule has 0 spiro atoms. The van der Waals surface area contributed by atoms with Gasteiger partial charge in [-0.3, -0.25) is 4.98 Å². The highest BCUT2D eigenvalue weighted by molar-refractivity contribution is 6.35. The van der Waals surface area contributed by atoms with Crippen LogP contribution in [-0.2, 0) is 4.79 Å². The summed E-state index contributed by atoms with van der Waals surface area (Å²) in [5.41, 5.74) is 1.57. The zero-order chi connectivity index (χ0) is 11.5. The summed E-state index contributed by atoms with van der Waals surface area (Å²) in [5, 5.41) is 9.94. The van der Waals surface area contributed by atoms with Gasteiger partial charge in [0, 0.05) is 17.7 Å². The van der Waals surface area contributed by atoms with Crippen molar-refractivity contribution in [3.8, 4) is 0 Å². The van der Waals surface area contributed by atoms with Gasteiger partial charge in [0.2, 0.25) is 0 Å². The Labute approximate surface area is 97.0 Å². The van der Waals surface area contributed by atoms with E-state index in [1.807, 2.05) is 12.1 Å². The van der Waals surface area contributed by atoms with E-state index in [0.29, 0.717) is 5.02 Å². The Bertz CT molecular complexity index is 578. The van der Waals surface area contributed by atoms with Crippen molar-refractivity contribution in [2.45, 2.75) is 0 Å². The minimum absolute atomic E-state index is 0.607. The standard InChI is InChI=1S/C12H8ClNO2/c13-10-5-6-14-11-3-1-8(7-9(10)11)2-4-12(15)16/h1-7H,(H,15,16). The number of hydrogen-bond acceptors (Lipinski definition) is 2. The molecule has 1 aromatic heterocycles. The van der Waals surface area contributed by atoms with E-state index in [1.54, 1.807) is 18.3 Å². The summed E-state index contributed by atoms with van der Waals surface area (Å²) in [4.78, 5) is 14.5. The van der Waals surface area contributed by atoms with E-state index >= 15 is 0 Å². The van der Waals surface area contributed by atoms with Gasteiger partial charge in [0.1, 0.15) is 0 Å². The van der Waals surface area contributed by atoms with Crippen molar-refractivity contribution >= 4 is 34.5 Å². The second kappa shape index (κ2) is 4.33. The van der Waals surface area contributed by atoms with Crippen molar-refractivity contribution in [3.05, 3.63) is 47.1 Å². The summed E-state index contributed by atoms with van der Waals surface area (Å²) in [5.74, 6) is -0.975. The Balaban J connectivity index is 2.51. The van der Waals surface area contributed by atoms with Crippen molar-refractivity contribution in [3.63, 3.8) is 0 Å². The highest BCUT2D eigenvalue weighted by Crippen LogP contribution is 2.22. The quantitative estimate of drug-likeness (QED) is 0.812. The first-order chi connectivity index (χ1) is 7.66. The maximum Gasteiger partial charge on any atom is 0.328 e. The van der Waals surface area contributed by atoms with Gasteiger partial charge in [-0.2, -0.15) is 0 Å². The van der Waals surface area contributed by atoms with E-state index in [4.69, 9.17) is 16.7 Å². The molecule has 0 saturated heterocycles. The Morgan fingerprint density at radius 2 is 2.19 bits per heavy atom. The van der Waals surface area contributed by atoms with Gasteiger partial charge in [0.05, 0.1) is 10.5 Å². The predicted molar refractivity (Wildman–Crippen MR) is 63.4 cm³/mol. The average molecular weight is 234 g/mol. The monoisotopic (exact) mass is 233 g/mol. The van der Waals surface area contributed by atoms with E-state index in [9.17, 15) is 4.79 Å². The van der Waals surface area contributed by atoms with Gasteiger partial charge in [0.25, 0.3) is 0 Å². The predicted octanol–water partition coefficient (Wildman–Crippen LogP) is 2.99. The number of aromatic nitrogens is 1. The van der Waals surface area contributed by atoms with Gasteiger partial charge in [-0.25, -0.2) is 4.79 Å². The molecule has 0 amide bonds. The van der Waals surface area contributed by atoms with E-state index in [1.165, 1.54) is 6.08 Å². The number of pyridine rings is 1. The molecule has 0 aliphatic heterocycles. The van der Waals surface area contributed by atoms with E-state index in [2.05, 4.69) is 4.98 Å². The second-order valence-electron chi connectivity index (χ2n) is 3.24. The van der Waals surface area contributed by atoms with Crippen molar-refractivity contribution in [1.29, 1.82) is 0 Å². The van der Waals surface area contributed by atoms with Crippen LogP contribution in [0.5, 0.6) is 0 Å². The van der Waals surface area contributed by atoms with Crippen molar-refractivity contribution < 1.29 is 9.90 Å². The van der Waals surface area contributed by atoms with Gasteiger partial charge in [-0.05, 0) is 29.8 Å². The summed E-state index contributed by atoms with van der Waals surface area (Å²) in [6, 6.07) is 7.12. The molecular formula is C12H8ClNO2. The smallest absolute Gasteiger partial charge is 0.328 e. The van der Waals surface area contributed by atoms with Gasteiger partial charge < -0.3 is 5.11 Å². The summed E-state index contributed by atoms with van der Waals surface area (Å²) < 4.78 is 0. The molecule has 4 heteroatoms. The number of hydrogen-bond donors (Lipinski definition) is 1. The van der Waals surface area contributed by atoms with E-state index in [-0.39, 0.29) is 0 Å². The van der Waals surface area contributed by atoms with Gasteiger partial charge in [0.15, 0.2) is 0 Å². The topological polar surface area (TPSA) is 50.2 Å². The molecule has 0 saturated carbocycles. The van der Waals surface area contributed by atoms with Crippen LogP contribution in [0.15, 0.2) is 36.5 Å². The minimum Gasteiger partial charge on any atom is -0.478 e. The van der Waals surface area contributed by atoms with Crippen molar-refractivity contribution in [1.82, 2.24) is 4.98 Å². The van der Waals surface area contributed by atoms with Crippen LogP contribution in [0, 0.1) is 0 Å². The van der Waals surface area contributed by atoms with E-state index in [0.717, 1.165) is 22.5 Å². The lowest BCUT2D eigenvalue weighted by molar-refractivity contribution is -0.131. The first-order valence-electron chi connectivity index (χ1n) is 4.62. The van der Waals surface area contributed by atoms with Gasteiger partial charge in [-0.15, -0.1) is 0 Å². The first-order valence-corrected chi connectivity index (χ1v) is 5.00. The molecule has 3 nitrogen and oxygen atoms in total. The fourth-order valence-corrected chi connectivity index (χ4v) is 1.61. The lowest BCUT2D eigenvalue weighted by Gasteiger charge is -2.00. The molecule has 0 unspecified atom stereocenters. The Hall–Kier alpha value is -1.87. The number of rotatable bonds is 2. The highest BCUT2D eigenvalue weighted by atomic mass is 35.5. The SMILES string of the molecule is O=C(O)C=Cc1ccc2nccc(Cl)c2c1. The molecule has 0 fully saturated rings. The number of halogens is 1. The summed E-state index contributed by atoms with van der Waals surface area (Å²) >= 11 is 6.01. The molecule has 0 aliphatic carbocycles. The fourth-order valence-electron chi connectivity index (χ4n) is 1.40. The van der Waals surface area contributed by atoms with Gasteiger partial charge in [-0.1, -0.05) is 17.7 Å². The van der Waals surface area contributed by atoms with Crippen LogP contribution in [0.4, 0.5) is 0 Å². The summed E-state index contributed by atoms with van der Waals surface area (Å²) in [6.45, 7) is 0. The zero-order valence-corrected chi connectivity index (χ0v) is 8.98. The number of carboxylic acids is 1. The molecule has 0 aliphatic rings. The Morgan fingerprint density at radius 1 is 1.38 bits per heavy atom. The number of benzene rings is 1. The van der Waals surface area contributed by atoms with Crippen LogP contribution in [-0.4, -0.2) is 16.1 Å². The Kier molecular flexibility index (Phi) is 2.88. The zero-order valence-electron chi connectivity index (χ0n) is 8.22. The normalized spacial score (nSPS) is 11.1. The molecule has 80 valence electrons. The molecule has 0 bridgehead atoms. The number of fused-ring (bicyclic) bond motifs is 1. The highest BCUT2D eigenvalue weighted by Gasteiger charge is 2.00. The molecule has 2 aromatic rings. The fraction of sp³-hybridized carbons (Fsp3) is 0. The number of carbonyl (C=O) groups is 1. The summed E-state index contributed by atoms with van der Waals surface area (Å²) in [6.07, 6.45) is 4.24. The molecule has 16 heavy (non-hydrogen) atoms. The maximum absolute atomic E-state index is 10.4. The van der Waals surface area contributed by atoms with Crippen LogP contribution in [0.2, 0.25) is 5.02 Å². The number of aliphatic carboxylic acids is 1. The second-order valence-corrected chi connectivity index (χ2v) is 3.65. The Morgan fingerprint density at radius 3 is 2.94 bits per heavy atom. The molecular weight excluding hydrogens is 226 g/mol. The summed E-state index contributed by atoms with van der Waals surface area (Å²) in [7, 11) is 0. The van der Waals surface area contributed by atoms with Crippen LogP contribution in [0.3, 0.4) is 0 Å². The van der Waals surface area contributed by atoms with Crippen LogP contribution in [0.25, 0.3) is 17.0 Å². The van der Waals surface area contributed by atoms with E-state index < -0.39 is 5.97 Å². The maximum atomic E-state index is 10.4. The minimum atomic E-state index is -0.975. The molecule has 1 heterocycles. The largest absolute Gasteiger partial charge is 0.478 e. The van der Waals surface area contributed by atoms with Crippen LogP contribution in [0.1, 0.15) is 5.56 Å². The van der Waals surface area contributed by atoms with Crippen LogP contribution < -0.4 is 0 Å². The third-order valence-corrected chi connectivity index (χ3v) is 2.46. The molecule has 2 rings (SSSR count).